The number of imidazole rings is 1. The summed E-state index contributed by atoms with van der Waals surface area (Å²) in [7, 11) is 0. The number of hydrogen-bond acceptors (Lipinski definition) is 4. The van der Waals surface area contributed by atoms with Crippen LogP contribution in [0.4, 0.5) is 0 Å². The molecule has 2 heterocycles. The molecular weight excluding hydrogens is 248 g/mol. The van der Waals surface area contributed by atoms with Crippen molar-refractivity contribution in [3.63, 3.8) is 0 Å². The lowest BCUT2D eigenvalue weighted by atomic mass is 10.3. The zero-order valence-corrected chi connectivity index (χ0v) is 9.77. The lowest BCUT2D eigenvalue weighted by Crippen LogP contribution is -2.21. The number of nitrogens with zero attached hydrogens (tertiary/aromatic N) is 1. The van der Waals surface area contributed by atoms with Gasteiger partial charge in [0.05, 0.1) is 0 Å². The standard InChI is InChI=1S/C12H10N4O3/c17-11-9-10(15-12(18)16-11)14-8(13-9)6-19-7-4-2-1-3-5-7/h1-5H,6H2,(H3,13,14,15,16,17,18). The third-order valence-corrected chi connectivity index (χ3v) is 2.56. The van der Waals surface area contributed by atoms with Crippen LogP contribution in [0.25, 0.3) is 11.2 Å². The molecule has 0 aliphatic rings. The lowest BCUT2D eigenvalue weighted by Gasteiger charge is -2.02. The highest BCUT2D eigenvalue weighted by Crippen LogP contribution is 2.11. The highest BCUT2D eigenvalue weighted by Gasteiger charge is 2.07. The van der Waals surface area contributed by atoms with Crippen LogP contribution < -0.4 is 16.0 Å². The number of aromatic nitrogens is 4. The smallest absolute Gasteiger partial charge is 0.327 e. The largest absolute Gasteiger partial charge is 0.486 e. The van der Waals surface area contributed by atoms with E-state index < -0.39 is 11.2 Å². The summed E-state index contributed by atoms with van der Waals surface area (Å²) in [5.41, 5.74) is -0.636. The number of aromatic amines is 3. The Hall–Kier alpha value is -2.83. The van der Waals surface area contributed by atoms with E-state index in [1.54, 1.807) is 0 Å². The molecule has 0 aliphatic carbocycles. The fourth-order valence-corrected chi connectivity index (χ4v) is 1.72. The number of H-pyrrole nitrogens is 3. The van der Waals surface area contributed by atoms with E-state index in [9.17, 15) is 9.59 Å². The monoisotopic (exact) mass is 258 g/mol. The van der Waals surface area contributed by atoms with Gasteiger partial charge in [0.2, 0.25) is 0 Å². The van der Waals surface area contributed by atoms with E-state index in [2.05, 4.69) is 19.9 Å². The van der Waals surface area contributed by atoms with Crippen LogP contribution in [0.3, 0.4) is 0 Å². The van der Waals surface area contributed by atoms with Crippen molar-refractivity contribution in [3.05, 3.63) is 57.0 Å². The Bertz CT molecular complexity index is 816. The maximum Gasteiger partial charge on any atom is 0.327 e. The van der Waals surface area contributed by atoms with Crippen molar-refractivity contribution >= 4 is 11.2 Å². The van der Waals surface area contributed by atoms with Crippen LogP contribution in [0, 0.1) is 0 Å². The summed E-state index contributed by atoms with van der Waals surface area (Å²) in [6, 6.07) is 9.24. The molecule has 0 radical (unpaired) electrons. The van der Waals surface area contributed by atoms with Crippen LogP contribution >= 0.6 is 0 Å². The molecule has 3 N–H and O–H groups in total. The molecule has 3 aromatic rings. The molecule has 0 amide bonds. The Balaban J connectivity index is 1.88. The number of nitrogens with one attached hydrogen (secondary N) is 3. The van der Waals surface area contributed by atoms with Gasteiger partial charge in [-0.3, -0.25) is 14.8 Å². The number of hydrogen-bond donors (Lipinski definition) is 3. The summed E-state index contributed by atoms with van der Waals surface area (Å²) < 4.78 is 5.49. The van der Waals surface area contributed by atoms with Crippen molar-refractivity contribution in [2.75, 3.05) is 0 Å². The van der Waals surface area contributed by atoms with Gasteiger partial charge >= 0.3 is 5.69 Å². The summed E-state index contributed by atoms with van der Waals surface area (Å²) in [5.74, 6) is 1.16. The second-order valence-corrected chi connectivity index (χ2v) is 3.92. The van der Waals surface area contributed by atoms with Gasteiger partial charge in [-0.05, 0) is 12.1 Å². The maximum absolute atomic E-state index is 11.5. The van der Waals surface area contributed by atoms with Crippen molar-refractivity contribution in [3.8, 4) is 5.75 Å². The van der Waals surface area contributed by atoms with Crippen LogP contribution in [0.1, 0.15) is 5.82 Å². The van der Waals surface area contributed by atoms with Crippen LogP contribution in [0.15, 0.2) is 39.9 Å². The Morgan fingerprint density at radius 1 is 1.05 bits per heavy atom. The number of benzene rings is 1. The van der Waals surface area contributed by atoms with Gasteiger partial charge in [-0.25, -0.2) is 9.78 Å². The van der Waals surface area contributed by atoms with E-state index in [-0.39, 0.29) is 17.8 Å². The van der Waals surface area contributed by atoms with E-state index in [4.69, 9.17) is 4.74 Å². The zero-order chi connectivity index (χ0) is 13.2. The number of ether oxygens (including phenoxy) is 1. The van der Waals surface area contributed by atoms with Crippen molar-refractivity contribution < 1.29 is 4.74 Å². The minimum atomic E-state index is -0.584. The molecule has 19 heavy (non-hydrogen) atoms. The minimum Gasteiger partial charge on any atom is -0.486 e. The Morgan fingerprint density at radius 2 is 1.84 bits per heavy atom. The molecule has 0 atom stereocenters. The SMILES string of the molecule is O=c1[nH]c(=O)c2[nH]c(COc3ccccc3)nc2[nH]1. The average Bonchev–Trinajstić information content (AvgIpc) is 2.81. The lowest BCUT2D eigenvalue weighted by molar-refractivity contribution is 0.297. The van der Waals surface area contributed by atoms with E-state index in [0.717, 1.165) is 0 Å². The summed E-state index contributed by atoms with van der Waals surface area (Å²) >= 11 is 0. The summed E-state index contributed by atoms with van der Waals surface area (Å²) in [5, 5.41) is 0. The fraction of sp³-hybridized carbons (Fsp3) is 0.0833. The first-order chi connectivity index (χ1) is 9.22. The maximum atomic E-state index is 11.5. The minimum absolute atomic E-state index is 0.181. The van der Waals surface area contributed by atoms with Gasteiger partial charge in [-0.15, -0.1) is 0 Å². The molecule has 96 valence electrons. The number of fused-ring (bicyclic) bond motifs is 1. The van der Waals surface area contributed by atoms with Gasteiger partial charge < -0.3 is 9.72 Å². The second kappa shape index (κ2) is 4.45. The predicted molar refractivity (Wildman–Crippen MR) is 68.1 cm³/mol. The molecule has 7 nitrogen and oxygen atoms in total. The van der Waals surface area contributed by atoms with E-state index in [0.29, 0.717) is 11.6 Å². The van der Waals surface area contributed by atoms with Crippen LogP contribution in [0.5, 0.6) is 5.75 Å². The first kappa shape index (κ1) is 11.3. The average molecular weight is 258 g/mol. The Kier molecular flexibility index (Phi) is 2.64. The van der Waals surface area contributed by atoms with Crippen LogP contribution in [0.2, 0.25) is 0 Å². The van der Waals surface area contributed by atoms with Crippen molar-refractivity contribution in [1.29, 1.82) is 0 Å². The highest BCUT2D eigenvalue weighted by molar-refractivity contribution is 5.68. The van der Waals surface area contributed by atoms with E-state index >= 15 is 0 Å². The van der Waals surface area contributed by atoms with Crippen molar-refractivity contribution in [1.82, 2.24) is 19.9 Å². The number of rotatable bonds is 3. The summed E-state index contributed by atoms with van der Waals surface area (Å²) in [6.07, 6.45) is 0. The van der Waals surface area contributed by atoms with Crippen molar-refractivity contribution in [2.45, 2.75) is 6.61 Å². The molecule has 0 aliphatic heterocycles. The van der Waals surface area contributed by atoms with Gasteiger partial charge in [0.25, 0.3) is 5.56 Å². The first-order valence-electron chi connectivity index (χ1n) is 5.61. The molecule has 1 aromatic carbocycles. The summed E-state index contributed by atoms with van der Waals surface area (Å²) in [4.78, 5) is 34.1. The molecule has 0 bridgehead atoms. The van der Waals surface area contributed by atoms with Gasteiger partial charge in [-0.1, -0.05) is 18.2 Å². The topological polar surface area (TPSA) is 104 Å². The Morgan fingerprint density at radius 3 is 2.63 bits per heavy atom. The van der Waals surface area contributed by atoms with Gasteiger partial charge in [0, 0.05) is 0 Å². The van der Waals surface area contributed by atoms with Gasteiger partial charge in [-0.2, -0.15) is 0 Å². The van der Waals surface area contributed by atoms with Gasteiger partial charge in [0.1, 0.15) is 23.7 Å². The molecule has 0 unspecified atom stereocenters. The molecule has 0 spiro atoms. The Labute approximate surface area is 106 Å². The molecule has 0 saturated carbocycles. The molecule has 2 aromatic heterocycles. The zero-order valence-electron chi connectivity index (χ0n) is 9.77. The van der Waals surface area contributed by atoms with Crippen LogP contribution in [-0.4, -0.2) is 19.9 Å². The van der Waals surface area contributed by atoms with E-state index in [1.165, 1.54) is 0 Å². The third kappa shape index (κ3) is 2.25. The molecule has 3 rings (SSSR count). The molecular formula is C12H10N4O3. The first-order valence-corrected chi connectivity index (χ1v) is 5.61. The fourth-order valence-electron chi connectivity index (χ4n) is 1.72. The third-order valence-electron chi connectivity index (χ3n) is 2.56. The summed E-state index contributed by atoms with van der Waals surface area (Å²) in [6.45, 7) is 0.181. The molecule has 7 heteroatoms. The van der Waals surface area contributed by atoms with Crippen LogP contribution in [-0.2, 0) is 6.61 Å². The predicted octanol–water partition coefficient (Wildman–Crippen LogP) is 0.518. The quantitative estimate of drug-likeness (QED) is 0.637. The van der Waals surface area contributed by atoms with E-state index in [1.807, 2.05) is 30.3 Å². The van der Waals surface area contributed by atoms with Gasteiger partial charge in [0.15, 0.2) is 5.65 Å². The highest BCUT2D eigenvalue weighted by atomic mass is 16.5. The van der Waals surface area contributed by atoms with Crippen molar-refractivity contribution in [2.24, 2.45) is 0 Å². The number of para-hydroxylation sites is 1. The second-order valence-electron chi connectivity index (χ2n) is 3.92. The molecule has 0 fully saturated rings. The molecule has 0 saturated heterocycles. The normalized spacial score (nSPS) is 10.7.